The lowest BCUT2D eigenvalue weighted by Gasteiger charge is -2.26. The predicted molar refractivity (Wildman–Crippen MR) is 100 cm³/mol. The molecule has 7 nitrogen and oxygen atoms in total. The highest BCUT2D eigenvalue weighted by atomic mass is 19.1. The van der Waals surface area contributed by atoms with Gasteiger partial charge in [0.25, 0.3) is 0 Å². The van der Waals surface area contributed by atoms with Crippen LogP contribution in [-0.2, 0) is 4.79 Å². The summed E-state index contributed by atoms with van der Waals surface area (Å²) in [4.78, 5) is 24.2. The minimum Gasteiger partial charge on any atom is -0.478 e. The zero-order valence-corrected chi connectivity index (χ0v) is 15.0. The molecule has 0 radical (unpaired) electrons. The van der Waals surface area contributed by atoms with Crippen LogP contribution in [0.15, 0.2) is 48.7 Å². The average Bonchev–Trinajstić information content (AvgIpc) is 3.31. The number of aromatic carboxylic acids is 1. The van der Waals surface area contributed by atoms with Crippen molar-refractivity contribution >= 4 is 17.6 Å². The molecule has 5 rings (SSSR count). The van der Waals surface area contributed by atoms with Crippen molar-refractivity contribution < 1.29 is 28.6 Å². The van der Waals surface area contributed by atoms with Crippen LogP contribution in [0.1, 0.15) is 34.0 Å². The van der Waals surface area contributed by atoms with E-state index in [4.69, 9.17) is 9.47 Å². The zero-order chi connectivity index (χ0) is 20.1. The summed E-state index contributed by atoms with van der Waals surface area (Å²) in [5.41, 5.74) is 1.99. The standard InChI is InChI=1S/C21H15FN2O5/c22-12-2-1-3-13(7-12)24-9-15(21(26)27)19-20(24)14(8-18(25)23-19)11-4-5-16-17(6-11)29-10-28-16/h1-7,9,14H,8,10H2,(H,23,25)(H,26,27)/t14-/m0/s1. The number of anilines is 1. The van der Waals surface area contributed by atoms with Crippen LogP contribution in [0.5, 0.6) is 11.5 Å². The molecule has 2 N–H and O–H groups in total. The van der Waals surface area contributed by atoms with Crippen molar-refractivity contribution in [3.63, 3.8) is 0 Å². The van der Waals surface area contributed by atoms with E-state index in [0.717, 1.165) is 5.56 Å². The van der Waals surface area contributed by atoms with Gasteiger partial charge in [-0.2, -0.15) is 0 Å². The zero-order valence-electron chi connectivity index (χ0n) is 15.0. The molecule has 0 spiro atoms. The second-order valence-electron chi connectivity index (χ2n) is 6.88. The first-order valence-electron chi connectivity index (χ1n) is 8.95. The monoisotopic (exact) mass is 394 g/mol. The van der Waals surface area contributed by atoms with Gasteiger partial charge in [-0.3, -0.25) is 4.79 Å². The van der Waals surface area contributed by atoms with E-state index in [1.165, 1.54) is 18.3 Å². The third kappa shape index (κ3) is 2.80. The third-order valence-electron chi connectivity index (χ3n) is 5.14. The fraction of sp³-hybridized carbons (Fsp3) is 0.143. The largest absolute Gasteiger partial charge is 0.478 e. The highest BCUT2D eigenvalue weighted by Gasteiger charge is 2.35. The summed E-state index contributed by atoms with van der Waals surface area (Å²) in [6.45, 7) is 0.123. The number of amides is 1. The number of nitrogens with zero attached hydrogens (tertiary/aromatic N) is 1. The third-order valence-corrected chi connectivity index (χ3v) is 5.14. The van der Waals surface area contributed by atoms with Crippen molar-refractivity contribution in [1.82, 2.24) is 4.57 Å². The fourth-order valence-corrected chi connectivity index (χ4v) is 3.87. The van der Waals surface area contributed by atoms with Gasteiger partial charge in [-0.15, -0.1) is 0 Å². The van der Waals surface area contributed by atoms with E-state index in [2.05, 4.69) is 5.32 Å². The summed E-state index contributed by atoms with van der Waals surface area (Å²) in [5, 5.41) is 12.3. The number of hydrogen-bond acceptors (Lipinski definition) is 4. The summed E-state index contributed by atoms with van der Waals surface area (Å²) in [7, 11) is 0. The molecule has 29 heavy (non-hydrogen) atoms. The molecule has 1 amide bonds. The van der Waals surface area contributed by atoms with Crippen molar-refractivity contribution in [3.8, 4) is 17.2 Å². The van der Waals surface area contributed by atoms with E-state index in [1.807, 2.05) is 6.07 Å². The van der Waals surface area contributed by atoms with Gasteiger partial charge >= 0.3 is 5.97 Å². The number of halogens is 1. The maximum Gasteiger partial charge on any atom is 0.339 e. The van der Waals surface area contributed by atoms with Crippen molar-refractivity contribution in [2.24, 2.45) is 0 Å². The average molecular weight is 394 g/mol. The maximum absolute atomic E-state index is 13.9. The molecule has 2 aliphatic rings. The topological polar surface area (TPSA) is 89.8 Å². The second-order valence-corrected chi connectivity index (χ2v) is 6.88. The normalized spacial score (nSPS) is 17.0. The molecule has 0 unspecified atom stereocenters. The Balaban J connectivity index is 1.73. The lowest BCUT2D eigenvalue weighted by atomic mass is 9.88. The Labute approximate surface area is 164 Å². The van der Waals surface area contributed by atoms with E-state index in [9.17, 15) is 19.1 Å². The van der Waals surface area contributed by atoms with Gasteiger partial charge in [-0.05, 0) is 35.9 Å². The summed E-state index contributed by atoms with van der Waals surface area (Å²) in [6, 6.07) is 11.2. The highest BCUT2D eigenvalue weighted by Crippen LogP contribution is 2.44. The molecule has 0 saturated carbocycles. The number of ether oxygens (including phenoxy) is 2. The summed E-state index contributed by atoms with van der Waals surface area (Å²) >= 11 is 0. The maximum atomic E-state index is 13.9. The number of carbonyl (C=O) groups is 2. The molecular formula is C21H15FN2O5. The van der Waals surface area contributed by atoms with E-state index in [-0.39, 0.29) is 30.4 Å². The van der Waals surface area contributed by atoms with Gasteiger partial charge in [0.2, 0.25) is 12.7 Å². The number of benzene rings is 2. The molecular weight excluding hydrogens is 379 g/mol. The van der Waals surface area contributed by atoms with Gasteiger partial charge in [0.15, 0.2) is 11.5 Å². The Morgan fingerprint density at radius 1 is 1.17 bits per heavy atom. The molecule has 3 heterocycles. The van der Waals surface area contributed by atoms with E-state index in [1.54, 1.807) is 28.8 Å². The number of carbonyl (C=O) groups excluding carboxylic acids is 1. The molecule has 0 bridgehead atoms. The van der Waals surface area contributed by atoms with Crippen LogP contribution in [0.4, 0.5) is 10.1 Å². The number of nitrogens with one attached hydrogen (secondary N) is 1. The van der Waals surface area contributed by atoms with Gasteiger partial charge in [0.05, 0.1) is 11.4 Å². The first-order valence-corrected chi connectivity index (χ1v) is 8.95. The van der Waals surface area contributed by atoms with Crippen LogP contribution >= 0.6 is 0 Å². The molecule has 146 valence electrons. The van der Waals surface area contributed by atoms with Crippen LogP contribution in [0, 0.1) is 5.82 Å². The molecule has 1 atom stereocenters. The molecule has 8 heteroatoms. The quantitative estimate of drug-likeness (QED) is 0.710. The van der Waals surface area contributed by atoms with Crippen molar-refractivity contribution in [2.75, 3.05) is 12.1 Å². The lowest BCUT2D eigenvalue weighted by molar-refractivity contribution is -0.116. The van der Waals surface area contributed by atoms with Crippen LogP contribution in [-0.4, -0.2) is 28.3 Å². The van der Waals surface area contributed by atoms with Gasteiger partial charge < -0.3 is 24.5 Å². The fourth-order valence-electron chi connectivity index (χ4n) is 3.87. The minimum absolute atomic E-state index is 0.0527. The highest BCUT2D eigenvalue weighted by molar-refractivity contribution is 6.04. The second kappa shape index (κ2) is 6.37. The van der Waals surface area contributed by atoms with Crippen molar-refractivity contribution in [1.29, 1.82) is 0 Å². The SMILES string of the molecule is O=C1C[C@@H](c2ccc3c(c2)OCO3)c2c(c(C(=O)O)cn2-c2cccc(F)c2)N1. The Morgan fingerprint density at radius 3 is 2.79 bits per heavy atom. The van der Waals surface area contributed by atoms with E-state index < -0.39 is 17.7 Å². The van der Waals surface area contributed by atoms with Crippen LogP contribution in [0.3, 0.4) is 0 Å². The van der Waals surface area contributed by atoms with Crippen LogP contribution in [0.25, 0.3) is 5.69 Å². The number of rotatable bonds is 3. The molecule has 2 aromatic carbocycles. The van der Waals surface area contributed by atoms with E-state index >= 15 is 0 Å². The van der Waals surface area contributed by atoms with E-state index in [0.29, 0.717) is 22.9 Å². The Hall–Kier alpha value is -3.81. The number of fused-ring (bicyclic) bond motifs is 2. The predicted octanol–water partition coefficient (Wildman–Crippen LogP) is 3.52. The summed E-state index contributed by atoms with van der Waals surface area (Å²) < 4.78 is 26.3. The van der Waals surface area contributed by atoms with Crippen molar-refractivity contribution in [2.45, 2.75) is 12.3 Å². The molecule has 0 fully saturated rings. The molecule has 0 saturated heterocycles. The summed E-state index contributed by atoms with van der Waals surface area (Å²) in [6.07, 6.45) is 1.53. The van der Waals surface area contributed by atoms with Gasteiger partial charge in [0.1, 0.15) is 11.4 Å². The van der Waals surface area contributed by atoms with Gasteiger partial charge in [0, 0.05) is 24.2 Å². The first kappa shape index (κ1) is 17.3. The molecule has 1 aromatic heterocycles. The first-order chi connectivity index (χ1) is 14.0. The molecule has 3 aromatic rings. The number of hydrogen-bond donors (Lipinski definition) is 2. The summed E-state index contributed by atoms with van der Waals surface area (Å²) in [5.74, 6) is -1.17. The Morgan fingerprint density at radius 2 is 2.00 bits per heavy atom. The number of carboxylic acids is 1. The Kier molecular flexibility index (Phi) is 3.80. The number of carboxylic acid groups (broad SMARTS) is 1. The smallest absolute Gasteiger partial charge is 0.339 e. The van der Waals surface area contributed by atoms with Crippen molar-refractivity contribution in [3.05, 3.63) is 71.3 Å². The molecule has 2 aliphatic heterocycles. The van der Waals surface area contributed by atoms with Gasteiger partial charge in [-0.1, -0.05) is 12.1 Å². The van der Waals surface area contributed by atoms with Crippen LogP contribution in [0.2, 0.25) is 0 Å². The lowest BCUT2D eigenvalue weighted by Crippen LogP contribution is -2.25. The minimum atomic E-state index is -1.18. The molecule has 0 aliphatic carbocycles. The van der Waals surface area contributed by atoms with Gasteiger partial charge in [-0.25, -0.2) is 9.18 Å². The number of aromatic nitrogens is 1. The van der Waals surface area contributed by atoms with Crippen LogP contribution < -0.4 is 14.8 Å². The Bertz CT molecular complexity index is 1170.